The smallest absolute Gasteiger partial charge is 0.122 e. The lowest BCUT2D eigenvalue weighted by Gasteiger charge is -2.35. The lowest BCUT2D eigenvalue weighted by molar-refractivity contribution is 0.00298. The summed E-state index contributed by atoms with van der Waals surface area (Å²) < 4.78 is 11.6. The zero-order chi connectivity index (χ0) is 15.5. The molecule has 1 aromatic carbocycles. The number of thiol groups is 1. The second-order valence-corrected chi connectivity index (χ2v) is 7.08. The molecule has 1 fully saturated rings. The molecular formula is C17H25ClO2S. The van der Waals surface area contributed by atoms with E-state index in [2.05, 4.69) is 32.5 Å². The Morgan fingerprint density at radius 1 is 1.33 bits per heavy atom. The molecule has 0 unspecified atom stereocenters. The lowest BCUT2D eigenvalue weighted by Crippen LogP contribution is -2.37. The predicted octanol–water partition coefficient (Wildman–Crippen LogP) is 4.88. The molecule has 0 saturated carbocycles. The minimum Gasteiger partial charge on any atom is -0.493 e. The molecule has 1 aliphatic rings. The van der Waals surface area contributed by atoms with Gasteiger partial charge in [-0.05, 0) is 54.7 Å². The first-order valence-electron chi connectivity index (χ1n) is 7.59. The molecule has 118 valence electrons. The molecule has 0 bridgehead atoms. The second kappa shape index (κ2) is 7.26. The molecule has 4 heteroatoms. The number of ether oxygens (including phenoxy) is 2. The van der Waals surface area contributed by atoms with Gasteiger partial charge in [-0.2, -0.15) is 12.6 Å². The fourth-order valence-corrected chi connectivity index (χ4v) is 3.49. The third-order valence-corrected chi connectivity index (χ3v) is 5.34. The number of hydrogen-bond acceptors (Lipinski definition) is 3. The van der Waals surface area contributed by atoms with Gasteiger partial charge >= 0.3 is 0 Å². The number of aryl methyl sites for hydroxylation is 1. The van der Waals surface area contributed by atoms with Crippen molar-refractivity contribution in [1.29, 1.82) is 0 Å². The van der Waals surface area contributed by atoms with Crippen LogP contribution in [0.1, 0.15) is 43.7 Å². The highest BCUT2D eigenvalue weighted by Crippen LogP contribution is 2.35. The van der Waals surface area contributed by atoms with Gasteiger partial charge < -0.3 is 9.47 Å². The summed E-state index contributed by atoms with van der Waals surface area (Å²) in [5.74, 6) is 2.16. The standard InChI is InChI=1S/C17H25ClO2S/c1-12(2)14-9-16(13(3)8-15(14)18)20-10-17(11-21)4-6-19-7-5-17/h8-9,12,21H,4-7,10-11H2,1-3H3. The van der Waals surface area contributed by atoms with Gasteiger partial charge in [-0.25, -0.2) is 0 Å². The van der Waals surface area contributed by atoms with Crippen molar-refractivity contribution in [3.63, 3.8) is 0 Å². The van der Waals surface area contributed by atoms with E-state index in [1.54, 1.807) is 0 Å². The molecule has 2 rings (SSSR count). The summed E-state index contributed by atoms with van der Waals surface area (Å²) in [6, 6.07) is 4.09. The van der Waals surface area contributed by atoms with Crippen molar-refractivity contribution < 1.29 is 9.47 Å². The SMILES string of the molecule is Cc1cc(Cl)c(C(C)C)cc1OCC1(CS)CCOCC1. The second-order valence-electron chi connectivity index (χ2n) is 6.35. The number of rotatable bonds is 5. The maximum atomic E-state index is 6.32. The highest BCUT2D eigenvalue weighted by molar-refractivity contribution is 7.80. The summed E-state index contributed by atoms with van der Waals surface area (Å²) in [4.78, 5) is 0. The van der Waals surface area contributed by atoms with Gasteiger partial charge in [0, 0.05) is 23.7 Å². The van der Waals surface area contributed by atoms with Crippen LogP contribution in [0.25, 0.3) is 0 Å². The maximum absolute atomic E-state index is 6.32. The molecule has 1 aliphatic heterocycles. The lowest BCUT2D eigenvalue weighted by atomic mass is 9.83. The molecule has 0 amide bonds. The monoisotopic (exact) mass is 328 g/mol. The van der Waals surface area contributed by atoms with Crippen molar-refractivity contribution in [2.45, 2.75) is 39.5 Å². The van der Waals surface area contributed by atoms with Crippen LogP contribution in [-0.4, -0.2) is 25.6 Å². The molecule has 0 atom stereocenters. The molecule has 1 aromatic rings. The van der Waals surface area contributed by atoms with E-state index < -0.39 is 0 Å². The van der Waals surface area contributed by atoms with E-state index in [-0.39, 0.29) is 5.41 Å². The zero-order valence-corrected chi connectivity index (χ0v) is 14.8. The third kappa shape index (κ3) is 4.08. The molecule has 1 saturated heterocycles. The van der Waals surface area contributed by atoms with Crippen LogP contribution in [-0.2, 0) is 4.74 Å². The number of hydrogen-bond donors (Lipinski definition) is 1. The number of benzene rings is 1. The summed E-state index contributed by atoms with van der Waals surface area (Å²) in [6.07, 6.45) is 2.03. The molecule has 0 spiro atoms. The minimum absolute atomic E-state index is 0.130. The van der Waals surface area contributed by atoms with E-state index in [0.717, 1.165) is 53.7 Å². The molecule has 0 aromatic heterocycles. The van der Waals surface area contributed by atoms with E-state index in [1.807, 2.05) is 13.0 Å². The molecule has 2 nitrogen and oxygen atoms in total. The quantitative estimate of drug-likeness (QED) is 0.777. The van der Waals surface area contributed by atoms with Gasteiger partial charge in [0.05, 0.1) is 6.61 Å². The van der Waals surface area contributed by atoms with Crippen LogP contribution in [0.5, 0.6) is 5.75 Å². The Morgan fingerprint density at radius 3 is 2.57 bits per heavy atom. The van der Waals surface area contributed by atoms with Crippen LogP contribution < -0.4 is 4.74 Å². The minimum atomic E-state index is 0.130. The third-order valence-electron chi connectivity index (χ3n) is 4.34. The molecular weight excluding hydrogens is 304 g/mol. The van der Waals surface area contributed by atoms with Gasteiger partial charge in [-0.1, -0.05) is 25.4 Å². The molecule has 0 N–H and O–H groups in total. The Kier molecular flexibility index (Phi) is 5.87. The predicted molar refractivity (Wildman–Crippen MR) is 92.1 cm³/mol. The van der Waals surface area contributed by atoms with E-state index in [0.29, 0.717) is 12.5 Å². The van der Waals surface area contributed by atoms with Crippen molar-refractivity contribution in [1.82, 2.24) is 0 Å². The van der Waals surface area contributed by atoms with Gasteiger partial charge in [0.1, 0.15) is 5.75 Å². The zero-order valence-electron chi connectivity index (χ0n) is 13.1. The summed E-state index contributed by atoms with van der Waals surface area (Å²) in [7, 11) is 0. The summed E-state index contributed by atoms with van der Waals surface area (Å²) in [5.41, 5.74) is 2.36. The normalized spacial score (nSPS) is 18.0. The van der Waals surface area contributed by atoms with Crippen LogP contribution in [0.2, 0.25) is 5.02 Å². The van der Waals surface area contributed by atoms with Crippen LogP contribution in [0, 0.1) is 12.3 Å². The Balaban J connectivity index is 2.13. The fraction of sp³-hybridized carbons (Fsp3) is 0.647. The van der Waals surface area contributed by atoms with Gasteiger partial charge in [0.2, 0.25) is 0 Å². The molecule has 21 heavy (non-hydrogen) atoms. The van der Waals surface area contributed by atoms with Crippen LogP contribution >= 0.6 is 24.2 Å². The molecule has 0 aliphatic carbocycles. The Hall–Kier alpha value is -0.380. The van der Waals surface area contributed by atoms with Crippen LogP contribution in [0.15, 0.2) is 12.1 Å². The van der Waals surface area contributed by atoms with E-state index in [4.69, 9.17) is 21.1 Å². The van der Waals surface area contributed by atoms with Crippen LogP contribution in [0.4, 0.5) is 0 Å². The van der Waals surface area contributed by atoms with Crippen molar-refractivity contribution in [2.75, 3.05) is 25.6 Å². The highest BCUT2D eigenvalue weighted by atomic mass is 35.5. The van der Waals surface area contributed by atoms with E-state index >= 15 is 0 Å². The average Bonchev–Trinajstić information content (AvgIpc) is 2.47. The van der Waals surface area contributed by atoms with Crippen molar-refractivity contribution in [3.8, 4) is 5.75 Å². The van der Waals surface area contributed by atoms with Crippen molar-refractivity contribution in [3.05, 3.63) is 28.3 Å². The summed E-state index contributed by atoms with van der Waals surface area (Å²) in [6.45, 7) is 8.64. The summed E-state index contributed by atoms with van der Waals surface area (Å²) >= 11 is 10.8. The van der Waals surface area contributed by atoms with Gasteiger partial charge in [0.15, 0.2) is 0 Å². The molecule has 0 radical (unpaired) electrons. The topological polar surface area (TPSA) is 18.5 Å². The first-order chi connectivity index (χ1) is 9.97. The van der Waals surface area contributed by atoms with Crippen LogP contribution in [0.3, 0.4) is 0 Å². The Morgan fingerprint density at radius 2 is 2.00 bits per heavy atom. The van der Waals surface area contributed by atoms with Gasteiger partial charge in [-0.3, -0.25) is 0 Å². The fourth-order valence-electron chi connectivity index (χ4n) is 2.65. The van der Waals surface area contributed by atoms with E-state index in [1.165, 1.54) is 0 Å². The van der Waals surface area contributed by atoms with Gasteiger partial charge in [0.25, 0.3) is 0 Å². The Bertz CT molecular complexity index is 482. The average molecular weight is 329 g/mol. The number of halogens is 1. The Labute approximate surface area is 138 Å². The first-order valence-corrected chi connectivity index (χ1v) is 8.60. The van der Waals surface area contributed by atoms with Crippen molar-refractivity contribution >= 4 is 24.2 Å². The highest BCUT2D eigenvalue weighted by Gasteiger charge is 2.32. The van der Waals surface area contributed by atoms with Crippen molar-refractivity contribution in [2.24, 2.45) is 5.41 Å². The van der Waals surface area contributed by atoms with Gasteiger partial charge in [-0.15, -0.1) is 0 Å². The first kappa shape index (κ1) is 17.0. The largest absolute Gasteiger partial charge is 0.493 e. The van der Waals surface area contributed by atoms with E-state index in [9.17, 15) is 0 Å². The maximum Gasteiger partial charge on any atom is 0.122 e. The summed E-state index contributed by atoms with van der Waals surface area (Å²) in [5, 5.41) is 0.824. The molecule has 1 heterocycles.